The predicted molar refractivity (Wildman–Crippen MR) is 98.3 cm³/mol. The molecule has 25 heavy (non-hydrogen) atoms. The Balaban J connectivity index is 1.53. The molecule has 1 aliphatic carbocycles. The Labute approximate surface area is 150 Å². The van der Waals surface area contributed by atoms with Crippen molar-refractivity contribution in [3.8, 4) is 0 Å². The van der Waals surface area contributed by atoms with E-state index in [-0.39, 0.29) is 24.1 Å². The maximum Gasteiger partial charge on any atom is 0.317 e. The van der Waals surface area contributed by atoms with Crippen molar-refractivity contribution in [2.24, 2.45) is 11.8 Å². The maximum absolute atomic E-state index is 12.7. The molecule has 2 aliphatic rings. The van der Waals surface area contributed by atoms with Gasteiger partial charge in [-0.25, -0.2) is 4.79 Å². The van der Waals surface area contributed by atoms with Crippen LogP contribution in [-0.2, 0) is 6.42 Å². The summed E-state index contributed by atoms with van der Waals surface area (Å²) in [5, 5.41) is 13.5. The molecule has 1 aromatic rings. The molecule has 2 heterocycles. The van der Waals surface area contributed by atoms with Crippen molar-refractivity contribution in [3.05, 3.63) is 29.6 Å². The third kappa shape index (κ3) is 4.51. The summed E-state index contributed by atoms with van der Waals surface area (Å²) in [6, 6.07) is 6.18. The Kier molecular flexibility index (Phi) is 5.94. The Hall–Kier alpha value is -1.62. The van der Waals surface area contributed by atoms with E-state index in [1.54, 1.807) is 0 Å². The molecule has 4 unspecified atom stereocenters. The van der Waals surface area contributed by atoms with Gasteiger partial charge in [-0.15, -0.1) is 0 Å². The third-order valence-corrected chi connectivity index (χ3v) is 5.78. The van der Waals surface area contributed by atoms with E-state index >= 15 is 0 Å². The molecule has 0 radical (unpaired) electrons. The van der Waals surface area contributed by atoms with Gasteiger partial charge in [-0.1, -0.05) is 13.0 Å². The number of carbonyl (C=O) groups is 1. The zero-order valence-electron chi connectivity index (χ0n) is 15.4. The average Bonchev–Trinajstić information content (AvgIpc) is 3.06. The van der Waals surface area contributed by atoms with E-state index in [4.69, 9.17) is 0 Å². The summed E-state index contributed by atoms with van der Waals surface area (Å²) in [4.78, 5) is 19.1. The first-order valence-corrected chi connectivity index (χ1v) is 9.69. The first-order chi connectivity index (χ1) is 12.0. The number of carbonyl (C=O) groups excluding carboxylic acids is 1. The standard InChI is InChI=1S/C20H31N3O2/c1-14-8-9-19(24)17(13-14)18-7-4-12-23(18)20(25)21-11-10-16-6-3-5-15(2)22-16/h3,5-6,14,17-19,24H,4,7-13H2,1-2H3,(H,21,25). The monoisotopic (exact) mass is 345 g/mol. The number of aliphatic hydroxyl groups excluding tert-OH is 1. The van der Waals surface area contributed by atoms with Gasteiger partial charge in [0.1, 0.15) is 0 Å². The van der Waals surface area contributed by atoms with Crippen LogP contribution in [0.2, 0.25) is 0 Å². The number of hydrogen-bond donors (Lipinski definition) is 2. The van der Waals surface area contributed by atoms with Crippen molar-refractivity contribution in [1.29, 1.82) is 0 Å². The van der Waals surface area contributed by atoms with Gasteiger partial charge in [-0.05, 0) is 57.1 Å². The number of hydrogen-bond acceptors (Lipinski definition) is 3. The molecule has 1 saturated carbocycles. The molecule has 0 aromatic carbocycles. The normalized spacial score (nSPS) is 29.6. The lowest BCUT2D eigenvalue weighted by molar-refractivity contribution is 0.0153. The second kappa shape index (κ2) is 8.17. The van der Waals surface area contributed by atoms with Crippen LogP contribution in [0.15, 0.2) is 18.2 Å². The minimum atomic E-state index is -0.258. The van der Waals surface area contributed by atoms with E-state index in [2.05, 4.69) is 17.2 Å². The van der Waals surface area contributed by atoms with Crippen LogP contribution in [0.4, 0.5) is 4.79 Å². The van der Waals surface area contributed by atoms with Crippen molar-refractivity contribution in [1.82, 2.24) is 15.2 Å². The Bertz CT molecular complexity index is 592. The lowest BCUT2D eigenvalue weighted by Gasteiger charge is -2.39. The molecule has 5 heteroatoms. The Morgan fingerprint density at radius 1 is 1.36 bits per heavy atom. The molecule has 5 nitrogen and oxygen atoms in total. The van der Waals surface area contributed by atoms with Crippen molar-refractivity contribution in [3.63, 3.8) is 0 Å². The maximum atomic E-state index is 12.7. The number of amides is 2. The largest absolute Gasteiger partial charge is 0.393 e. The molecule has 1 aromatic heterocycles. The lowest BCUT2D eigenvalue weighted by Crippen LogP contribution is -2.49. The van der Waals surface area contributed by atoms with Gasteiger partial charge in [0.05, 0.1) is 6.10 Å². The number of aryl methyl sites for hydroxylation is 1. The smallest absolute Gasteiger partial charge is 0.317 e. The summed E-state index contributed by atoms with van der Waals surface area (Å²) in [5.74, 6) is 0.877. The van der Waals surface area contributed by atoms with Gasteiger partial charge in [-0.2, -0.15) is 0 Å². The summed E-state index contributed by atoms with van der Waals surface area (Å²) in [6.07, 6.45) is 5.54. The highest BCUT2D eigenvalue weighted by molar-refractivity contribution is 5.74. The number of likely N-dealkylation sites (tertiary alicyclic amines) is 1. The molecule has 2 amide bonds. The second-order valence-electron chi connectivity index (χ2n) is 7.80. The SMILES string of the molecule is Cc1cccc(CCNC(=O)N2CCCC2C2CC(C)CCC2O)n1. The van der Waals surface area contributed by atoms with Gasteiger partial charge < -0.3 is 15.3 Å². The first kappa shape index (κ1) is 18.2. The highest BCUT2D eigenvalue weighted by atomic mass is 16.3. The van der Waals surface area contributed by atoms with Crippen LogP contribution in [-0.4, -0.2) is 46.3 Å². The van der Waals surface area contributed by atoms with Crippen LogP contribution in [0.5, 0.6) is 0 Å². The van der Waals surface area contributed by atoms with Crippen molar-refractivity contribution >= 4 is 6.03 Å². The van der Waals surface area contributed by atoms with Crippen LogP contribution >= 0.6 is 0 Å². The predicted octanol–water partition coefficient (Wildman–Crippen LogP) is 2.90. The average molecular weight is 345 g/mol. The fourth-order valence-corrected chi connectivity index (χ4v) is 4.45. The summed E-state index contributed by atoms with van der Waals surface area (Å²) < 4.78 is 0. The molecular formula is C20H31N3O2. The highest BCUT2D eigenvalue weighted by Crippen LogP contribution is 2.37. The van der Waals surface area contributed by atoms with Crippen LogP contribution in [0.3, 0.4) is 0 Å². The van der Waals surface area contributed by atoms with E-state index in [9.17, 15) is 9.90 Å². The van der Waals surface area contributed by atoms with Gasteiger partial charge in [0.25, 0.3) is 0 Å². The van der Waals surface area contributed by atoms with Crippen LogP contribution in [0.1, 0.15) is 50.4 Å². The molecule has 4 atom stereocenters. The topological polar surface area (TPSA) is 65.5 Å². The fraction of sp³-hybridized carbons (Fsp3) is 0.700. The molecule has 2 fully saturated rings. The van der Waals surface area contributed by atoms with Crippen molar-refractivity contribution in [2.75, 3.05) is 13.1 Å². The fourth-order valence-electron chi connectivity index (χ4n) is 4.45. The van der Waals surface area contributed by atoms with E-state index in [1.165, 1.54) is 0 Å². The van der Waals surface area contributed by atoms with E-state index in [0.717, 1.165) is 56.5 Å². The zero-order valence-corrected chi connectivity index (χ0v) is 15.4. The van der Waals surface area contributed by atoms with Crippen molar-refractivity contribution < 1.29 is 9.90 Å². The number of nitrogens with zero attached hydrogens (tertiary/aromatic N) is 2. The molecular weight excluding hydrogens is 314 g/mol. The minimum Gasteiger partial charge on any atom is -0.393 e. The number of nitrogens with one attached hydrogen (secondary N) is 1. The van der Waals surface area contributed by atoms with Gasteiger partial charge in [0.2, 0.25) is 0 Å². The highest BCUT2D eigenvalue weighted by Gasteiger charge is 2.40. The van der Waals surface area contributed by atoms with E-state index in [1.807, 2.05) is 30.0 Å². The lowest BCUT2D eigenvalue weighted by atomic mass is 9.76. The van der Waals surface area contributed by atoms with Gasteiger partial charge >= 0.3 is 6.03 Å². The molecule has 1 aliphatic heterocycles. The Morgan fingerprint density at radius 2 is 2.20 bits per heavy atom. The van der Waals surface area contributed by atoms with Crippen LogP contribution in [0.25, 0.3) is 0 Å². The van der Waals surface area contributed by atoms with E-state index < -0.39 is 0 Å². The van der Waals surface area contributed by atoms with Crippen LogP contribution < -0.4 is 5.32 Å². The minimum absolute atomic E-state index is 0.0144. The first-order valence-electron chi connectivity index (χ1n) is 9.69. The van der Waals surface area contributed by atoms with E-state index in [0.29, 0.717) is 12.5 Å². The number of rotatable bonds is 4. The molecule has 1 saturated heterocycles. The molecule has 2 N–H and O–H groups in total. The second-order valence-corrected chi connectivity index (χ2v) is 7.80. The summed E-state index contributed by atoms with van der Waals surface area (Å²) >= 11 is 0. The number of aliphatic hydroxyl groups is 1. The summed E-state index contributed by atoms with van der Waals surface area (Å²) in [5.41, 5.74) is 2.01. The molecule has 138 valence electrons. The molecule has 0 bridgehead atoms. The molecule has 3 rings (SSSR count). The van der Waals surface area contributed by atoms with Gasteiger partial charge in [-0.3, -0.25) is 4.98 Å². The quantitative estimate of drug-likeness (QED) is 0.882. The number of urea groups is 1. The van der Waals surface area contributed by atoms with Gasteiger partial charge in [0.15, 0.2) is 0 Å². The third-order valence-electron chi connectivity index (χ3n) is 5.78. The zero-order chi connectivity index (χ0) is 17.8. The van der Waals surface area contributed by atoms with Crippen LogP contribution in [0, 0.1) is 18.8 Å². The van der Waals surface area contributed by atoms with Gasteiger partial charge in [0, 0.05) is 42.9 Å². The Morgan fingerprint density at radius 3 is 3.00 bits per heavy atom. The van der Waals surface area contributed by atoms with Crippen molar-refractivity contribution in [2.45, 2.75) is 64.5 Å². The molecule has 0 spiro atoms. The number of pyridine rings is 1. The number of aromatic nitrogens is 1. The summed E-state index contributed by atoms with van der Waals surface area (Å²) in [6.45, 7) is 5.64. The summed E-state index contributed by atoms with van der Waals surface area (Å²) in [7, 11) is 0.